The van der Waals surface area contributed by atoms with Gasteiger partial charge in [0.05, 0.1) is 18.6 Å². The highest BCUT2D eigenvalue weighted by molar-refractivity contribution is 8.13. The molecule has 1 fully saturated rings. The van der Waals surface area contributed by atoms with E-state index in [-0.39, 0.29) is 5.12 Å². The number of rotatable bonds is 8. The first kappa shape index (κ1) is 16.0. The molecular formula is C14H26O3S. The van der Waals surface area contributed by atoms with Gasteiger partial charge in [-0.3, -0.25) is 4.79 Å². The van der Waals surface area contributed by atoms with Crippen LogP contribution in [0.25, 0.3) is 0 Å². The smallest absolute Gasteiger partial charge is 0.196 e. The molecular weight excluding hydrogens is 248 g/mol. The fourth-order valence-corrected chi connectivity index (χ4v) is 3.01. The summed E-state index contributed by atoms with van der Waals surface area (Å²) in [6, 6.07) is 0. The van der Waals surface area contributed by atoms with Crippen LogP contribution in [0.15, 0.2) is 0 Å². The van der Waals surface area contributed by atoms with E-state index < -0.39 is 5.41 Å². The van der Waals surface area contributed by atoms with Crippen molar-refractivity contribution in [2.75, 3.05) is 32.7 Å². The zero-order valence-corrected chi connectivity index (χ0v) is 12.7. The van der Waals surface area contributed by atoms with Gasteiger partial charge in [0, 0.05) is 19.5 Å². The molecule has 0 aliphatic heterocycles. The molecule has 0 heterocycles. The number of ether oxygens (including phenoxy) is 2. The molecule has 0 radical (unpaired) electrons. The van der Waals surface area contributed by atoms with Gasteiger partial charge in [0.1, 0.15) is 0 Å². The monoisotopic (exact) mass is 274 g/mol. The topological polar surface area (TPSA) is 35.5 Å². The molecule has 0 bridgehead atoms. The van der Waals surface area contributed by atoms with Gasteiger partial charge in [0.25, 0.3) is 0 Å². The highest BCUT2D eigenvalue weighted by atomic mass is 32.2. The number of carbonyl (C=O) groups excluding carboxylic acids is 1. The Morgan fingerprint density at radius 2 is 2.00 bits per heavy atom. The van der Waals surface area contributed by atoms with Crippen LogP contribution >= 0.6 is 11.8 Å². The second-order valence-corrected chi connectivity index (χ2v) is 6.75. The molecule has 0 N–H and O–H groups in total. The summed E-state index contributed by atoms with van der Waals surface area (Å²) in [5.74, 6) is 1.44. The lowest BCUT2D eigenvalue weighted by Gasteiger charge is -2.23. The van der Waals surface area contributed by atoms with Crippen LogP contribution in [0.5, 0.6) is 0 Å². The molecule has 0 amide bonds. The number of methoxy groups -OCH3 is 1. The fourth-order valence-electron chi connectivity index (χ4n) is 2.13. The largest absolute Gasteiger partial charge is 0.384 e. The second-order valence-electron chi connectivity index (χ2n) is 5.68. The van der Waals surface area contributed by atoms with Gasteiger partial charge >= 0.3 is 0 Å². The van der Waals surface area contributed by atoms with Gasteiger partial charge in [-0.15, -0.1) is 0 Å². The lowest BCUT2D eigenvalue weighted by atomic mass is 9.97. The lowest BCUT2D eigenvalue weighted by molar-refractivity contribution is -0.121. The maximum atomic E-state index is 12.0. The normalized spacial score (nSPS) is 17.3. The third kappa shape index (κ3) is 5.72. The molecule has 1 aliphatic carbocycles. The average Bonchev–Trinajstić information content (AvgIpc) is 2.82. The van der Waals surface area contributed by atoms with E-state index in [4.69, 9.17) is 9.47 Å². The van der Waals surface area contributed by atoms with E-state index in [1.165, 1.54) is 37.4 Å². The molecule has 0 saturated heterocycles. The predicted octanol–water partition coefficient (Wildman–Crippen LogP) is 3.13. The Bertz CT molecular complexity index is 247. The minimum atomic E-state index is -0.392. The second kappa shape index (κ2) is 8.18. The summed E-state index contributed by atoms with van der Waals surface area (Å²) >= 11 is 1.35. The molecule has 0 aromatic rings. The maximum absolute atomic E-state index is 12.0. The van der Waals surface area contributed by atoms with Crippen molar-refractivity contribution >= 4 is 16.9 Å². The zero-order valence-electron chi connectivity index (χ0n) is 11.9. The number of hydrogen-bond acceptors (Lipinski definition) is 4. The molecule has 0 unspecified atom stereocenters. The van der Waals surface area contributed by atoms with Gasteiger partial charge in [-0.05, 0) is 32.6 Å². The zero-order chi connectivity index (χ0) is 13.4. The lowest BCUT2D eigenvalue weighted by Crippen LogP contribution is -2.29. The minimum Gasteiger partial charge on any atom is -0.384 e. The molecule has 0 spiro atoms. The first-order chi connectivity index (χ1) is 8.56. The van der Waals surface area contributed by atoms with Crippen molar-refractivity contribution < 1.29 is 14.3 Å². The molecule has 1 saturated carbocycles. The molecule has 0 aromatic carbocycles. The molecule has 106 valence electrons. The highest BCUT2D eigenvalue weighted by Gasteiger charge is 2.28. The van der Waals surface area contributed by atoms with Crippen LogP contribution in [-0.4, -0.2) is 37.8 Å². The Morgan fingerprint density at radius 3 is 2.61 bits per heavy atom. The van der Waals surface area contributed by atoms with Crippen LogP contribution in [0.3, 0.4) is 0 Å². The Balaban J connectivity index is 2.18. The van der Waals surface area contributed by atoms with Crippen LogP contribution < -0.4 is 0 Å². The molecule has 18 heavy (non-hydrogen) atoms. The molecule has 3 nitrogen and oxygen atoms in total. The Labute approximate surface area is 115 Å². The van der Waals surface area contributed by atoms with Crippen molar-refractivity contribution in [2.24, 2.45) is 11.3 Å². The van der Waals surface area contributed by atoms with Crippen molar-refractivity contribution in [2.45, 2.75) is 39.5 Å². The summed E-state index contributed by atoms with van der Waals surface area (Å²) in [6.45, 7) is 5.89. The van der Waals surface area contributed by atoms with Gasteiger partial charge in [0.15, 0.2) is 5.12 Å². The van der Waals surface area contributed by atoms with E-state index in [0.29, 0.717) is 13.2 Å². The van der Waals surface area contributed by atoms with Crippen LogP contribution in [-0.2, 0) is 14.3 Å². The van der Waals surface area contributed by atoms with Crippen molar-refractivity contribution in [1.29, 1.82) is 0 Å². The van der Waals surface area contributed by atoms with Crippen LogP contribution in [0.2, 0.25) is 0 Å². The van der Waals surface area contributed by atoms with Crippen LogP contribution in [0, 0.1) is 11.3 Å². The van der Waals surface area contributed by atoms with E-state index in [2.05, 4.69) is 0 Å². The number of carbonyl (C=O) groups is 1. The minimum absolute atomic E-state index is 0.200. The Morgan fingerprint density at radius 1 is 1.33 bits per heavy atom. The molecule has 4 heteroatoms. The molecule has 1 rings (SSSR count). The Hall–Kier alpha value is -0.0600. The van der Waals surface area contributed by atoms with Gasteiger partial charge < -0.3 is 9.47 Å². The molecule has 0 atom stereocenters. The van der Waals surface area contributed by atoms with Gasteiger partial charge in [0.2, 0.25) is 0 Å². The number of thioether (sulfide) groups is 1. The summed E-state index contributed by atoms with van der Waals surface area (Å²) in [5.41, 5.74) is -0.392. The first-order valence-electron chi connectivity index (χ1n) is 6.80. The molecule has 1 aliphatic rings. The highest BCUT2D eigenvalue weighted by Crippen LogP contribution is 2.27. The van der Waals surface area contributed by atoms with Crippen LogP contribution in [0.4, 0.5) is 0 Å². The van der Waals surface area contributed by atoms with Crippen molar-refractivity contribution in [3.8, 4) is 0 Å². The van der Waals surface area contributed by atoms with Gasteiger partial charge in [-0.2, -0.15) is 0 Å². The first-order valence-corrected chi connectivity index (χ1v) is 7.79. The predicted molar refractivity (Wildman–Crippen MR) is 75.9 cm³/mol. The summed E-state index contributed by atoms with van der Waals surface area (Å²) in [7, 11) is 1.65. The SMILES string of the molecule is COCCSC(=O)C(C)(C)COCC1CCCC1. The van der Waals surface area contributed by atoms with E-state index in [0.717, 1.165) is 18.3 Å². The van der Waals surface area contributed by atoms with Gasteiger partial charge in [-0.1, -0.05) is 24.6 Å². The van der Waals surface area contributed by atoms with E-state index in [9.17, 15) is 4.79 Å². The van der Waals surface area contributed by atoms with Gasteiger partial charge in [-0.25, -0.2) is 0 Å². The quantitative estimate of drug-likeness (QED) is 0.637. The maximum Gasteiger partial charge on any atom is 0.196 e. The van der Waals surface area contributed by atoms with Crippen molar-refractivity contribution in [3.63, 3.8) is 0 Å². The van der Waals surface area contributed by atoms with E-state index in [1.807, 2.05) is 13.8 Å². The summed E-state index contributed by atoms with van der Waals surface area (Å²) in [5, 5.41) is 0.200. The van der Waals surface area contributed by atoms with Crippen molar-refractivity contribution in [1.82, 2.24) is 0 Å². The molecule has 0 aromatic heterocycles. The fraction of sp³-hybridized carbons (Fsp3) is 0.929. The summed E-state index contributed by atoms with van der Waals surface area (Å²) < 4.78 is 10.7. The van der Waals surface area contributed by atoms with E-state index in [1.54, 1.807) is 7.11 Å². The average molecular weight is 274 g/mol. The standard InChI is InChI=1S/C14H26O3S/c1-14(2,13(15)18-9-8-16-3)11-17-10-12-6-4-5-7-12/h12H,4-11H2,1-3H3. The summed E-state index contributed by atoms with van der Waals surface area (Å²) in [4.78, 5) is 12.0. The van der Waals surface area contributed by atoms with Crippen molar-refractivity contribution in [3.05, 3.63) is 0 Å². The summed E-state index contributed by atoms with van der Waals surface area (Å²) in [6.07, 6.45) is 5.25. The number of hydrogen-bond donors (Lipinski definition) is 0. The van der Waals surface area contributed by atoms with Crippen LogP contribution in [0.1, 0.15) is 39.5 Å². The third-order valence-corrected chi connectivity index (χ3v) is 4.55. The van der Waals surface area contributed by atoms with E-state index >= 15 is 0 Å². The Kier molecular flexibility index (Phi) is 7.27. The third-order valence-electron chi connectivity index (χ3n) is 3.36.